The van der Waals surface area contributed by atoms with Gasteiger partial charge in [0.05, 0.1) is 13.0 Å². The lowest BCUT2D eigenvalue weighted by Gasteiger charge is -2.16. The molecule has 0 spiro atoms. The maximum atomic E-state index is 12.6. The topological polar surface area (TPSA) is 42.2 Å². The van der Waals surface area contributed by atoms with Crippen LogP contribution in [0.5, 0.6) is 5.75 Å². The molecule has 1 aromatic heterocycles. The van der Waals surface area contributed by atoms with E-state index in [1.54, 1.807) is 31.4 Å². The maximum Gasteiger partial charge on any atom is 0.255 e. The van der Waals surface area contributed by atoms with Crippen molar-refractivity contribution in [1.82, 2.24) is 0 Å². The predicted octanol–water partition coefficient (Wildman–Crippen LogP) is 0.928. The van der Waals surface area contributed by atoms with Crippen LogP contribution in [0, 0.1) is 0 Å². The van der Waals surface area contributed by atoms with Gasteiger partial charge in [0.2, 0.25) is 0 Å². The lowest BCUT2D eigenvalue weighted by Crippen LogP contribution is -3.00. The minimum atomic E-state index is -0.135. The summed E-state index contributed by atoms with van der Waals surface area (Å²) in [4.78, 5) is 12.6. The van der Waals surface area contributed by atoms with Gasteiger partial charge in [0, 0.05) is 23.4 Å². The fraction of sp³-hybridized carbons (Fsp3) is 0.182. The van der Waals surface area contributed by atoms with E-state index < -0.39 is 0 Å². The molecule has 0 aliphatic rings. The number of amides is 1. The third kappa shape index (κ3) is 4.86. The summed E-state index contributed by atoms with van der Waals surface area (Å²) < 4.78 is 7.25. The highest BCUT2D eigenvalue weighted by atomic mass is 127. The van der Waals surface area contributed by atoms with Crippen LogP contribution in [-0.2, 0) is 7.05 Å². The average Bonchev–Trinajstić information content (AvgIpc) is 2.68. The monoisotopic (exact) mass is 474 g/mol. The van der Waals surface area contributed by atoms with Crippen LogP contribution in [0.3, 0.4) is 0 Å². The van der Waals surface area contributed by atoms with Crippen LogP contribution in [0.2, 0.25) is 0 Å². The first-order valence-electron chi connectivity index (χ1n) is 8.59. The zero-order valence-electron chi connectivity index (χ0n) is 15.6. The van der Waals surface area contributed by atoms with Gasteiger partial charge in [-0.3, -0.25) is 4.79 Å². The van der Waals surface area contributed by atoms with Gasteiger partial charge < -0.3 is 34.0 Å². The normalized spacial score (nSPS) is 11.2. The van der Waals surface area contributed by atoms with Crippen molar-refractivity contribution in [3.8, 4) is 5.75 Å². The molecule has 0 fully saturated rings. The molecule has 0 saturated carbocycles. The molecule has 0 aliphatic heterocycles. The number of carbonyl (C=O) groups excluding carboxylic acids is 1. The molecule has 1 heterocycles. The smallest absolute Gasteiger partial charge is 0.255 e. The molecule has 1 amide bonds. The molecule has 0 radical (unpaired) electrons. The first kappa shape index (κ1) is 20.9. The van der Waals surface area contributed by atoms with Gasteiger partial charge in [-0.05, 0) is 42.8 Å². The van der Waals surface area contributed by atoms with Crippen molar-refractivity contribution in [2.45, 2.75) is 12.8 Å². The Balaban J connectivity index is 0.00000261. The van der Waals surface area contributed by atoms with Crippen molar-refractivity contribution in [3.63, 3.8) is 0 Å². The van der Waals surface area contributed by atoms with E-state index in [1.807, 2.05) is 43.6 Å². The van der Waals surface area contributed by atoms with Crippen LogP contribution in [0.1, 0.15) is 34.5 Å². The Morgan fingerprint density at radius 2 is 1.67 bits per heavy atom. The summed E-state index contributed by atoms with van der Waals surface area (Å²) in [6, 6.07) is 21.2. The number of methoxy groups -OCH3 is 1. The Labute approximate surface area is 177 Å². The van der Waals surface area contributed by atoms with Gasteiger partial charge in [-0.15, -0.1) is 0 Å². The van der Waals surface area contributed by atoms with E-state index >= 15 is 0 Å². The number of rotatable bonds is 5. The van der Waals surface area contributed by atoms with Crippen molar-refractivity contribution >= 4 is 11.6 Å². The number of nitrogens with one attached hydrogen (secondary N) is 1. The second-order valence-corrected chi connectivity index (χ2v) is 6.23. The van der Waals surface area contributed by atoms with Crippen molar-refractivity contribution in [2.75, 3.05) is 12.4 Å². The van der Waals surface area contributed by atoms with E-state index in [-0.39, 0.29) is 35.8 Å². The molecule has 3 rings (SSSR count). The van der Waals surface area contributed by atoms with Crippen LogP contribution >= 0.6 is 0 Å². The van der Waals surface area contributed by atoms with Crippen LogP contribution in [0.25, 0.3) is 0 Å². The van der Waals surface area contributed by atoms with Gasteiger partial charge in [0.1, 0.15) is 12.8 Å². The zero-order valence-corrected chi connectivity index (χ0v) is 17.8. The molecule has 3 aromatic rings. The Bertz CT molecular complexity index is 910. The highest BCUT2D eigenvalue weighted by Gasteiger charge is 2.20. The number of hydrogen-bond donors (Lipinski definition) is 1. The molecule has 140 valence electrons. The molecule has 0 aliphatic carbocycles. The van der Waals surface area contributed by atoms with Gasteiger partial charge in [-0.1, -0.05) is 24.3 Å². The fourth-order valence-corrected chi connectivity index (χ4v) is 3.07. The molecule has 0 saturated heterocycles. The quantitative estimate of drug-likeness (QED) is 0.442. The summed E-state index contributed by atoms with van der Waals surface area (Å²) in [5.41, 5.74) is 3.68. The number of hydrogen-bond acceptors (Lipinski definition) is 2. The molecule has 4 nitrogen and oxygen atoms in total. The first-order valence-corrected chi connectivity index (χ1v) is 8.59. The van der Waals surface area contributed by atoms with Crippen molar-refractivity contribution in [1.29, 1.82) is 0 Å². The van der Waals surface area contributed by atoms with Gasteiger partial charge >= 0.3 is 0 Å². The Morgan fingerprint density at radius 3 is 2.33 bits per heavy atom. The maximum absolute atomic E-state index is 12.6. The number of carbonyl (C=O) groups is 1. The highest BCUT2D eigenvalue weighted by molar-refractivity contribution is 6.04. The van der Waals surface area contributed by atoms with Gasteiger partial charge in [0.25, 0.3) is 5.91 Å². The van der Waals surface area contributed by atoms with E-state index in [1.165, 1.54) is 5.69 Å². The molecule has 5 heteroatoms. The van der Waals surface area contributed by atoms with E-state index in [2.05, 4.69) is 28.9 Å². The summed E-state index contributed by atoms with van der Waals surface area (Å²) in [6.45, 7) is 2.15. The molecule has 27 heavy (non-hydrogen) atoms. The van der Waals surface area contributed by atoms with E-state index in [0.29, 0.717) is 5.56 Å². The zero-order chi connectivity index (χ0) is 18.5. The van der Waals surface area contributed by atoms with E-state index in [0.717, 1.165) is 17.0 Å². The number of para-hydroxylation sites is 1. The largest absolute Gasteiger partial charge is 1.00 e. The SMILES string of the molecule is COc1ccc(C(=O)Nc2ccccc2C(C)c2cccc[n+]2C)cc1.[I-]. The fourth-order valence-electron chi connectivity index (χ4n) is 3.07. The van der Waals surface area contributed by atoms with E-state index in [4.69, 9.17) is 4.74 Å². The summed E-state index contributed by atoms with van der Waals surface area (Å²) in [5.74, 6) is 0.741. The third-order valence-corrected chi connectivity index (χ3v) is 4.57. The van der Waals surface area contributed by atoms with Gasteiger partial charge in [-0.25, -0.2) is 4.57 Å². The lowest BCUT2D eigenvalue weighted by atomic mass is 9.95. The number of benzene rings is 2. The van der Waals surface area contributed by atoms with Crippen molar-refractivity contribution in [3.05, 3.63) is 89.7 Å². The predicted molar refractivity (Wildman–Crippen MR) is 103 cm³/mol. The number of aromatic nitrogens is 1. The molecule has 1 atom stereocenters. The Kier molecular flexibility index (Phi) is 7.36. The van der Waals surface area contributed by atoms with Crippen LogP contribution in [0.15, 0.2) is 72.9 Å². The molecule has 1 N–H and O–H groups in total. The van der Waals surface area contributed by atoms with E-state index in [9.17, 15) is 4.79 Å². The standard InChI is InChI=1S/C22H22N2O2.HI/c1-16(21-10-6-7-15-24(21)2)19-8-4-5-9-20(19)23-22(25)17-11-13-18(26-3)14-12-17;/h4-16H,1-3H3;1H. The Morgan fingerprint density at radius 1 is 1.00 bits per heavy atom. The van der Waals surface area contributed by atoms with Gasteiger partial charge in [-0.2, -0.15) is 0 Å². The van der Waals surface area contributed by atoms with Crippen molar-refractivity contribution in [2.24, 2.45) is 7.05 Å². The molecule has 2 aromatic carbocycles. The minimum Gasteiger partial charge on any atom is -1.00 e. The third-order valence-electron chi connectivity index (χ3n) is 4.57. The first-order chi connectivity index (χ1) is 12.6. The average molecular weight is 474 g/mol. The van der Waals surface area contributed by atoms with Crippen LogP contribution in [0.4, 0.5) is 5.69 Å². The molecular formula is C22H23IN2O2. The summed E-state index contributed by atoms with van der Waals surface area (Å²) in [7, 11) is 3.64. The number of aryl methyl sites for hydroxylation is 1. The second-order valence-electron chi connectivity index (χ2n) is 6.23. The number of ether oxygens (including phenoxy) is 1. The summed E-state index contributed by atoms with van der Waals surface area (Å²) in [5, 5.41) is 3.05. The van der Waals surface area contributed by atoms with Crippen LogP contribution < -0.4 is 38.6 Å². The highest BCUT2D eigenvalue weighted by Crippen LogP contribution is 2.28. The number of pyridine rings is 1. The molecular weight excluding hydrogens is 451 g/mol. The number of anilines is 1. The number of halogens is 1. The summed E-state index contributed by atoms with van der Waals surface area (Å²) in [6.07, 6.45) is 2.03. The Hall–Kier alpha value is -2.41. The lowest BCUT2D eigenvalue weighted by molar-refractivity contribution is -0.679. The van der Waals surface area contributed by atoms with Crippen LogP contribution in [-0.4, -0.2) is 13.0 Å². The molecule has 1 unspecified atom stereocenters. The minimum absolute atomic E-state index is 0. The molecule has 0 bridgehead atoms. The van der Waals surface area contributed by atoms with Crippen molar-refractivity contribution < 1.29 is 38.1 Å². The van der Waals surface area contributed by atoms with Gasteiger partial charge in [0.15, 0.2) is 11.9 Å². The summed E-state index contributed by atoms with van der Waals surface area (Å²) >= 11 is 0. The second kappa shape index (κ2) is 9.50. The number of nitrogens with zero attached hydrogens (tertiary/aromatic N) is 1.